The van der Waals surface area contributed by atoms with E-state index in [2.05, 4.69) is 5.10 Å². The highest BCUT2D eigenvalue weighted by Gasteiger charge is 1.96. The van der Waals surface area contributed by atoms with Gasteiger partial charge in [-0.05, 0) is 31.9 Å². The monoisotopic (exact) mass is 181 g/mol. The Morgan fingerprint density at radius 2 is 2.31 bits per heavy atom. The summed E-state index contributed by atoms with van der Waals surface area (Å²) in [6.07, 6.45) is 3.54. The van der Waals surface area contributed by atoms with Gasteiger partial charge in [-0.1, -0.05) is 0 Å². The first-order valence-corrected chi connectivity index (χ1v) is 4.48. The summed E-state index contributed by atoms with van der Waals surface area (Å²) in [5.74, 6) is 0. The molecular weight excluding hydrogens is 166 g/mol. The third-order valence-corrected chi connectivity index (χ3v) is 1.83. The summed E-state index contributed by atoms with van der Waals surface area (Å²) in [6, 6.07) is 1.59. The quantitative estimate of drug-likeness (QED) is 0.679. The van der Waals surface area contributed by atoms with Crippen molar-refractivity contribution in [1.82, 2.24) is 9.78 Å². The maximum Gasteiger partial charge on any atom is 0.266 e. The second-order valence-corrected chi connectivity index (χ2v) is 3.09. The number of hydrogen-bond acceptors (Lipinski definition) is 3. The van der Waals surface area contributed by atoms with Crippen molar-refractivity contribution in [3.05, 3.63) is 28.2 Å². The molecule has 13 heavy (non-hydrogen) atoms. The van der Waals surface area contributed by atoms with E-state index in [1.54, 1.807) is 12.3 Å². The molecule has 0 saturated carbocycles. The molecule has 0 radical (unpaired) electrons. The van der Waals surface area contributed by atoms with Crippen LogP contribution in [0.1, 0.15) is 18.4 Å². The molecule has 0 amide bonds. The van der Waals surface area contributed by atoms with Gasteiger partial charge in [0.1, 0.15) is 0 Å². The first-order chi connectivity index (χ1) is 6.24. The molecule has 0 aliphatic rings. The van der Waals surface area contributed by atoms with E-state index in [4.69, 9.17) is 5.73 Å². The van der Waals surface area contributed by atoms with Crippen molar-refractivity contribution in [3.63, 3.8) is 0 Å². The maximum absolute atomic E-state index is 11.3. The summed E-state index contributed by atoms with van der Waals surface area (Å²) >= 11 is 0. The fraction of sp³-hybridized carbons (Fsp3) is 0.556. The number of aromatic nitrogens is 2. The molecule has 0 bridgehead atoms. The van der Waals surface area contributed by atoms with Crippen LogP contribution in [0.3, 0.4) is 0 Å². The molecule has 0 saturated heterocycles. The van der Waals surface area contributed by atoms with Crippen molar-refractivity contribution in [2.75, 3.05) is 6.54 Å². The minimum absolute atomic E-state index is 0.0305. The van der Waals surface area contributed by atoms with Crippen LogP contribution in [-0.4, -0.2) is 16.3 Å². The Kier molecular flexibility index (Phi) is 3.64. The van der Waals surface area contributed by atoms with Gasteiger partial charge in [-0.15, -0.1) is 0 Å². The van der Waals surface area contributed by atoms with Gasteiger partial charge in [0.15, 0.2) is 0 Å². The van der Waals surface area contributed by atoms with Crippen molar-refractivity contribution in [1.29, 1.82) is 0 Å². The Morgan fingerprint density at radius 3 is 2.92 bits per heavy atom. The maximum atomic E-state index is 11.3. The van der Waals surface area contributed by atoms with Crippen LogP contribution in [0.15, 0.2) is 17.1 Å². The summed E-state index contributed by atoms with van der Waals surface area (Å²) in [5.41, 5.74) is 6.22. The zero-order chi connectivity index (χ0) is 9.68. The van der Waals surface area contributed by atoms with Crippen molar-refractivity contribution >= 4 is 0 Å². The first kappa shape index (κ1) is 9.92. The molecule has 1 aromatic heterocycles. The minimum atomic E-state index is -0.0305. The third-order valence-electron chi connectivity index (χ3n) is 1.83. The topological polar surface area (TPSA) is 60.9 Å². The van der Waals surface area contributed by atoms with Gasteiger partial charge in [0.25, 0.3) is 5.56 Å². The predicted molar refractivity (Wildman–Crippen MR) is 51.5 cm³/mol. The number of unbranched alkanes of at least 4 members (excludes halogenated alkanes) is 1. The Balaban J connectivity index is 2.62. The minimum Gasteiger partial charge on any atom is -0.330 e. The molecule has 0 atom stereocenters. The predicted octanol–water partition coefficient (Wildman–Crippen LogP) is 0.291. The summed E-state index contributed by atoms with van der Waals surface area (Å²) < 4.78 is 1.47. The second-order valence-electron chi connectivity index (χ2n) is 3.09. The standard InChI is InChI=1S/C9H15N3O/c1-8-6-9(13)12(11-7-8)5-3-2-4-10/h6-7H,2-5,10H2,1H3. The van der Waals surface area contributed by atoms with E-state index in [9.17, 15) is 4.79 Å². The Morgan fingerprint density at radius 1 is 1.54 bits per heavy atom. The Hall–Kier alpha value is -1.16. The van der Waals surface area contributed by atoms with Gasteiger partial charge in [-0.25, -0.2) is 4.68 Å². The lowest BCUT2D eigenvalue weighted by Gasteiger charge is -2.02. The third kappa shape index (κ3) is 2.99. The van der Waals surface area contributed by atoms with E-state index in [-0.39, 0.29) is 5.56 Å². The van der Waals surface area contributed by atoms with Gasteiger partial charge >= 0.3 is 0 Å². The molecule has 0 unspecified atom stereocenters. The second kappa shape index (κ2) is 4.77. The largest absolute Gasteiger partial charge is 0.330 e. The molecule has 4 nitrogen and oxygen atoms in total. The molecule has 0 aliphatic heterocycles. The van der Waals surface area contributed by atoms with Crippen molar-refractivity contribution in [2.24, 2.45) is 5.73 Å². The van der Waals surface area contributed by atoms with Gasteiger partial charge in [-0.3, -0.25) is 4.79 Å². The Bertz CT molecular complexity index is 319. The van der Waals surface area contributed by atoms with Gasteiger partial charge in [0.05, 0.1) is 6.20 Å². The average Bonchev–Trinajstić information content (AvgIpc) is 2.09. The first-order valence-electron chi connectivity index (χ1n) is 4.48. The van der Waals surface area contributed by atoms with E-state index in [1.165, 1.54) is 4.68 Å². The highest BCUT2D eigenvalue weighted by molar-refractivity contribution is 5.02. The van der Waals surface area contributed by atoms with Crippen molar-refractivity contribution < 1.29 is 0 Å². The van der Waals surface area contributed by atoms with Crippen molar-refractivity contribution in [2.45, 2.75) is 26.3 Å². The SMILES string of the molecule is Cc1cnn(CCCCN)c(=O)c1. The normalized spacial score (nSPS) is 10.3. The number of aryl methyl sites for hydroxylation is 2. The van der Waals surface area contributed by atoms with Crippen LogP contribution in [0.5, 0.6) is 0 Å². The van der Waals surface area contributed by atoms with E-state index in [0.717, 1.165) is 18.4 Å². The summed E-state index contributed by atoms with van der Waals surface area (Å²) in [6.45, 7) is 3.19. The lowest BCUT2D eigenvalue weighted by atomic mass is 10.3. The highest BCUT2D eigenvalue weighted by atomic mass is 16.1. The van der Waals surface area contributed by atoms with E-state index in [1.807, 2.05) is 6.92 Å². The number of nitrogens with two attached hydrogens (primary N) is 1. The van der Waals surface area contributed by atoms with Gasteiger partial charge < -0.3 is 5.73 Å². The van der Waals surface area contributed by atoms with Crippen LogP contribution >= 0.6 is 0 Å². The van der Waals surface area contributed by atoms with Crippen LogP contribution in [0, 0.1) is 6.92 Å². The van der Waals surface area contributed by atoms with Crippen LogP contribution in [0.2, 0.25) is 0 Å². The van der Waals surface area contributed by atoms with Crippen LogP contribution in [0.4, 0.5) is 0 Å². The molecule has 4 heteroatoms. The zero-order valence-electron chi connectivity index (χ0n) is 7.86. The fourth-order valence-corrected chi connectivity index (χ4v) is 1.10. The van der Waals surface area contributed by atoms with Gasteiger partial charge in [0, 0.05) is 12.6 Å². The molecule has 72 valence electrons. The van der Waals surface area contributed by atoms with Gasteiger partial charge in [-0.2, -0.15) is 5.10 Å². The zero-order valence-corrected chi connectivity index (χ0v) is 7.86. The van der Waals surface area contributed by atoms with E-state index < -0.39 is 0 Å². The molecule has 2 N–H and O–H groups in total. The molecule has 0 fully saturated rings. The molecule has 1 rings (SSSR count). The summed E-state index contributed by atoms with van der Waals surface area (Å²) in [4.78, 5) is 11.3. The summed E-state index contributed by atoms with van der Waals surface area (Å²) in [5, 5.41) is 4.01. The summed E-state index contributed by atoms with van der Waals surface area (Å²) in [7, 11) is 0. The number of rotatable bonds is 4. The van der Waals surface area contributed by atoms with Crippen LogP contribution < -0.4 is 11.3 Å². The molecule has 1 heterocycles. The van der Waals surface area contributed by atoms with Crippen LogP contribution in [0.25, 0.3) is 0 Å². The fourth-order valence-electron chi connectivity index (χ4n) is 1.10. The number of nitrogens with zero attached hydrogens (tertiary/aromatic N) is 2. The molecule has 0 spiro atoms. The smallest absolute Gasteiger partial charge is 0.266 e. The Labute approximate surface area is 77.4 Å². The van der Waals surface area contributed by atoms with Crippen molar-refractivity contribution in [3.8, 4) is 0 Å². The molecule has 0 aromatic carbocycles. The van der Waals surface area contributed by atoms with Gasteiger partial charge in [0.2, 0.25) is 0 Å². The molecular formula is C9H15N3O. The number of hydrogen-bond donors (Lipinski definition) is 1. The van der Waals surface area contributed by atoms with E-state index in [0.29, 0.717) is 13.1 Å². The van der Waals surface area contributed by atoms with E-state index >= 15 is 0 Å². The highest BCUT2D eigenvalue weighted by Crippen LogP contribution is 1.91. The molecule has 0 aliphatic carbocycles. The molecule has 1 aromatic rings. The lowest BCUT2D eigenvalue weighted by molar-refractivity contribution is 0.533. The average molecular weight is 181 g/mol. The van der Waals surface area contributed by atoms with Crippen LogP contribution in [-0.2, 0) is 6.54 Å². The lowest BCUT2D eigenvalue weighted by Crippen LogP contribution is -2.22.